The van der Waals surface area contributed by atoms with Crippen molar-refractivity contribution < 1.29 is 9.90 Å². The van der Waals surface area contributed by atoms with Crippen LogP contribution in [0.4, 0.5) is 0 Å². The van der Waals surface area contributed by atoms with Crippen molar-refractivity contribution in [3.05, 3.63) is 35.9 Å². The van der Waals surface area contributed by atoms with Crippen LogP contribution in [0, 0.1) is 5.92 Å². The number of aliphatic hydroxyl groups excluding tert-OH is 1. The molecule has 1 heterocycles. The Morgan fingerprint density at radius 3 is 2.91 bits per heavy atom. The Kier molecular flexibility index (Phi) is 6.87. The Morgan fingerprint density at radius 1 is 1.41 bits per heavy atom. The fourth-order valence-electron chi connectivity index (χ4n) is 3.09. The normalized spacial score (nSPS) is 20.5. The first kappa shape index (κ1) is 17.0. The molecule has 2 atom stereocenters. The summed E-state index contributed by atoms with van der Waals surface area (Å²) in [6.45, 7) is 5.03. The number of hydrogen-bond acceptors (Lipinski definition) is 3. The van der Waals surface area contributed by atoms with Gasteiger partial charge in [-0.05, 0) is 44.7 Å². The van der Waals surface area contributed by atoms with Gasteiger partial charge >= 0.3 is 0 Å². The maximum Gasteiger partial charge on any atom is 0.224 e. The molecule has 1 amide bonds. The summed E-state index contributed by atoms with van der Waals surface area (Å²) < 4.78 is 0. The lowest BCUT2D eigenvalue weighted by Crippen LogP contribution is -2.45. The van der Waals surface area contributed by atoms with Crippen LogP contribution in [-0.2, 0) is 11.3 Å². The van der Waals surface area contributed by atoms with Gasteiger partial charge in [0.1, 0.15) is 0 Å². The van der Waals surface area contributed by atoms with Crippen molar-refractivity contribution in [2.45, 2.75) is 45.2 Å². The molecule has 1 fully saturated rings. The summed E-state index contributed by atoms with van der Waals surface area (Å²) in [5.41, 5.74) is 1.31. The summed E-state index contributed by atoms with van der Waals surface area (Å²) >= 11 is 0. The number of hydrogen-bond donors (Lipinski definition) is 2. The molecule has 122 valence electrons. The average molecular weight is 304 g/mol. The summed E-state index contributed by atoms with van der Waals surface area (Å²) in [6.07, 6.45) is 3.63. The number of aliphatic hydroxyl groups is 1. The van der Waals surface area contributed by atoms with Crippen LogP contribution in [0.5, 0.6) is 0 Å². The highest BCUT2D eigenvalue weighted by Crippen LogP contribution is 2.19. The molecule has 2 rings (SSSR count). The molecule has 0 aliphatic carbocycles. The van der Waals surface area contributed by atoms with Gasteiger partial charge in [0.25, 0.3) is 0 Å². The second-order valence-corrected chi connectivity index (χ2v) is 6.34. The first-order valence-electron chi connectivity index (χ1n) is 8.36. The van der Waals surface area contributed by atoms with Crippen LogP contribution >= 0.6 is 0 Å². The molecule has 0 aromatic heterocycles. The summed E-state index contributed by atoms with van der Waals surface area (Å²) in [4.78, 5) is 14.7. The van der Waals surface area contributed by atoms with Gasteiger partial charge in [-0.3, -0.25) is 9.69 Å². The second-order valence-electron chi connectivity index (χ2n) is 6.34. The highest BCUT2D eigenvalue weighted by Gasteiger charge is 2.26. The molecule has 1 saturated heterocycles. The molecule has 4 heteroatoms. The van der Waals surface area contributed by atoms with Crippen molar-refractivity contribution >= 4 is 5.91 Å². The zero-order valence-electron chi connectivity index (χ0n) is 13.5. The van der Waals surface area contributed by atoms with Crippen LogP contribution in [0.1, 0.15) is 38.2 Å². The number of amides is 1. The molecule has 2 unspecified atom stereocenters. The number of piperidine rings is 1. The van der Waals surface area contributed by atoms with Crippen LogP contribution in [0.3, 0.4) is 0 Å². The van der Waals surface area contributed by atoms with E-state index in [0.29, 0.717) is 0 Å². The highest BCUT2D eigenvalue weighted by atomic mass is 16.3. The minimum atomic E-state index is 0.0917. The van der Waals surface area contributed by atoms with Gasteiger partial charge < -0.3 is 10.4 Å². The number of likely N-dealkylation sites (tertiary alicyclic amines) is 1. The van der Waals surface area contributed by atoms with E-state index in [1.54, 1.807) is 0 Å². The third kappa shape index (κ3) is 5.43. The smallest absolute Gasteiger partial charge is 0.224 e. The predicted molar refractivity (Wildman–Crippen MR) is 88.4 cm³/mol. The monoisotopic (exact) mass is 304 g/mol. The van der Waals surface area contributed by atoms with E-state index in [2.05, 4.69) is 34.5 Å². The molecular weight excluding hydrogens is 276 g/mol. The first-order valence-corrected chi connectivity index (χ1v) is 8.36. The van der Waals surface area contributed by atoms with Gasteiger partial charge in [-0.2, -0.15) is 0 Å². The average Bonchev–Trinajstić information content (AvgIpc) is 2.54. The molecule has 1 aliphatic heterocycles. The minimum absolute atomic E-state index is 0.0917. The topological polar surface area (TPSA) is 52.6 Å². The van der Waals surface area contributed by atoms with E-state index in [0.717, 1.165) is 45.3 Å². The van der Waals surface area contributed by atoms with E-state index in [9.17, 15) is 4.79 Å². The molecule has 4 nitrogen and oxygen atoms in total. The third-order valence-electron chi connectivity index (χ3n) is 4.31. The second kappa shape index (κ2) is 8.91. The van der Waals surface area contributed by atoms with E-state index < -0.39 is 0 Å². The number of carbonyl (C=O) groups excluding carboxylic acids is 1. The van der Waals surface area contributed by atoms with Gasteiger partial charge in [0.15, 0.2) is 0 Å². The first-order chi connectivity index (χ1) is 10.7. The van der Waals surface area contributed by atoms with E-state index in [1.165, 1.54) is 5.56 Å². The number of nitrogens with one attached hydrogen (secondary N) is 1. The quantitative estimate of drug-likeness (QED) is 0.812. The van der Waals surface area contributed by atoms with Crippen LogP contribution in [-0.4, -0.2) is 41.7 Å². The van der Waals surface area contributed by atoms with Crippen molar-refractivity contribution in [3.63, 3.8) is 0 Å². The zero-order chi connectivity index (χ0) is 15.8. The SMILES string of the molecule is CC(CCCO)NC(=O)C1CCCN(Cc2ccccc2)C1. The standard InChI is InChI=1S/C18H28N2O2/c1-15(7-6-12-21)19-18(22)17-10-5-11-20(14-17)13-16-8-3-2-4-9-16/h2-4,8-9,15,17,21H,5-7,10-14H2,1H3,(H,19,22). The predicted octanol–water partition coefficient (Wildman–Crippen LogP) is 2.18. The zero-order valence-corrected chi connectivity index (χ0v) is 13.5. The number of rotatable bonds is 7. The summed E-state index contributed by atoms with van der Waals surface area (Å²) in [5.74, 6) is 0.261. The van der Waals surface area contributed by atoms with Gasteiger partial charge in [0.2, 0.25) is 5.91 Å². The Morgan fingerprint density at radius 2 is 2.18 bits per heavy atom. The Bertz CT molecular complexity index is 450. The number of benzene rings is 1. The summed E-state index contributed by atoms with van der Waals surface area (Å²) in [7, 11) is 0. The molecule has 1 aromatic rings. The molecule has 22 heavy (non-hydrogen) atoms. The van der Waals surface area contributed by atoms with Crippen LogP contribution in [0.2, 0.25) is 0 Å². The van der Waals surface area contributed by atoms with E-state index in [4.69, 9.17) is 5.11 Å². The van der Waals surface area contributed by atoms with Crippen LogP contribution in [0.25, 0.3) is 0 Å². The molecule has 2 N–H and O–H groups in total. The maximum atomic E-state index is 12.4. The van der Waals surface area contributed by atoms with E-state index in [-0.39, 0.29) is 24.5 Å². The van der Waals surface area contributed by atoms with Crippen molar-refractivity contribution in [3.8, 4) is 0 Å². The fourth-order valence-corrected chi connectivity index (χ4v) is 3.09. The molecule has 0 radical (unpaired) electrons. The summed E-state index contributed by atoms with van der Waals surface area (Å²) in [6, 6.07) is 10.6. The maximum absolute atomic E-state index is 12.4. The largest absolute Gasteiger partial charge is 0.396 e. The van der Waals surface area contributed by atoms with Gasteiger partial charge in [0.05, 0.1) is 5.92 Å². The number of nitrogens with zero attached hydrogens (tertiary/aromatic N) is 1. The molecule has 0 saturated carbocycles. The van der Waals surface area contributed by atoms with Gasteiger partial charge in [0, 0.05) is 25.7 Å². The number of carbonyl (C=O) groups is 1. The van der Waals surface area contributed by atoms with Crippen molar-refractivity contribution in [2.75, 3.05) is 19.7 Å². The van der Waals surface area contributed by atoms with Crippen LogP contribution in [0.15, 0.2) is 30.3 Å². The van der Waals surface area contributed by atoms with E-state index in [1.807, 2.05) is 13.0 Å². The van der Waals surface area contributed by atoms with E-state index >= 15 is 0 Å². The Hall–Kier alpha value is -1.39. The van der Waals surface area contributed by atoms with Crippen molar-refractivity contribution in [1.82, 2.24) is 10.2 Å². The highest BCUT2D eigenvalue weighted by molar-refractivity contribution is 5.79. The van der Waals surface area contributed by atoms with Crippen molar-refractivity contribution in [1.29, 1.82) is 0 Å². The Labute approximate surface area is 133 Å². The lowest BCUT2D eigenvalue weighted by Gasteiger charge is -2.32. The molecule has 0 bridgehead atoms. The molecular formula is C18H28N2O2. The van der Waals surface area contributed by atoms with Crippen LogP contribution < -0.4 is 5.32 Å². The van der Waals surface area contributed by atoms with Gasteiger partial charge in [-0.25, -0.2) is 0 Å². The summed E-state index contributed by atoms with van der Waals surface area (Å²) in [5, 5.41) is 11.9. The molecule has 0 spiro atoms. The fraction of sp³-hybridized carbons (Fsp3) is 0.611. The minimum Gasteiger partial charge on any atom is -0.396 e. The molecule has 1 aromatic carbocycles. The van der Waals surface area contributed by atoms with Gasteiger partial charge in [-0.1, -0.05) is 30.3 Å². The molecule has 1 aliphatic rings. The van der Waals surface area contributed by atoms with Crippen molar-refractivity contribution in [2.24, 2.45) is 5.92 Å². The Balaban J connectivity index is 1.81. The lowest BCUT2D eigenvalue weighted by atomic mass is 9.96. The third-order valence-corrected chi connectivity index (χ3v) is 4.31. The van der Waals surface area contributed by atoms with Gasteiger partial charge in [-0.15, -0.1) is 0 Å². The lowest BCUT2D eigenvalue weighted by molar-refractivity contribution is -0.127.